The van der Waals surface area contributed by atoms with Crippen LogP contribution in [0.3, 0.4) is 0 Å². The van der Waals surface area contributed by atoms with Crippen LogP contribution in [0.2, 0.25) is 0 Å². The van der Waals surface area contributed by atoms with Gasteiger partial charge in [0.15, 0.2) is 0 Å². The Morgan fingerprint density at radius 1 is 1.15 bits per heavy atom. The SMILES string of the molecule is Cc1nc2ccc(NCc3ccc(Br)c(C)c3)cc2s1. The maximum absolute atomic E-state index is 4.48. The summed E-state index contributed by atoms with van der Waals surface area (Å²) in [5, 5.41) is 4.58. The van der Waals surface area contributed by atoms with E-state index in [-0.39, 0.29) is 0 Å². The smallest absolute Gasteiger partial charge is 0.0907 e. The molecule has 0 bridgehead atoms. The Morgan fingerprint density at radius 2 is 2.00 bits per heavy atom. The number of hydrogen-bond donors (Lipinski definition) is 1. The van der Waals surface area contributed by atoms with E-state index in [9.17, 15) is 0 Å². The third kappa shape index (κ3) is 2.86. The molecule has 2 nitrogen and oxygen atoms in total. The van der Waals surface area contributed by atoms with Crippen LogP contribution in [0.4, 0.5) is 5.69 Å². The van der Waals surface area contributed by atoms with Gasteiger partial charge in [-0.3, -0.25) is 0 Å². The lowest BCUT2D eigenvalue weighted by Crippen LogP contribution is -1.99. The van der Waals surface area contributed by atoms with Gasteiger partial charge in [0.05, 0.1) is 15.2 Å². The van der Waals surface area contributed by atoms with Crippen molar-refractivity contribution in [3.63, 3.8) is 0 Å². The van der Waals surface area contributed by atoms with Gasteiger partial charge in [-0.1, -0.05) is 28.1 Å². The van der Waals surface area contributed by atoms with E-state index in [1.807, 2.05) is 6.92 Å². The number of benzene rings is 2. The zero-order valence-corrected chi connectivity index (χ0v) is 13.8. The van der Waals surface area contributed by atoms with E-state index in [1.165, 1.54) is 15.8 Å². The molecule has 0 saturated carbocycles. The average molecular weight is 347 g/mol. The molecule has 0 aliphatic carbocycles. The van der Waals surface area contributed by atoms with Crippen LogP contribution in [-0.2, 0) is 6.54 Å². The minimum Gasteiger partial charge on any atom is -0.381 e. The van der Waals surface area contributed by atoms with Gasteiger partial charge in [0.25, 0.3) is 0 Å². The van der Waals surface area contributed by atoms with Gasteiger partial charge in [-0.05, 0) is 49.2 Å². The molecular formula is C16H15BrN2S. The van der Waals surface area contributed by atoms with E-state index in [4.69, 9.17) is 0 Å². The Morgan fingerprint density at radius 3 is 2.80 bits per heavy atom. The molecule has 20 heavy (non-hydrogen) atoms. The van der Waals surface area contributed by atoms with Crippen molar-refractivity contribution in [2.45, 2.75) is 20.4 Å². The van der Waals surface area contributed by atoms with E-state index in [2.05, 4.69) is 69.6 Å². The molecule has 4 heteroatoms. The average Bonchev–Trinajstić information content (AvgIpc) is 2.79. The highest BCUT2D eigenvalue weighted by atomic mass is 79.9. The number of anilines is 1. The Labute approximate surface area is 131 Å². The highest BCUT2D eigenvalue weighted by Gasteiger charge is 2.02. The molecule has 1 aromatic heterocycles. The van der Waals surface area contributed by atoms with Crippen molar-refractivity contribution in [1.82, 2.24) is 4.98 Å². The van der Waals surface area contributed by atoms with Gasteiger partial charge >= 0.3 is 0 Å². The zero-order valence-electron chi connectivity index (χ0n) is 11.4. The Kier molecular flexibility index (Phi) is 3.76. The summed E-state index contributed by atoms with van der Waals surface area (Å²) in [7, 11) is 0. The molecule has 0 aliphatic heterocycles. The second kappa shape index (κ2) is 5.54. The fourth-order valence-corrected chi connectivity index (χ4v) is 3.28. The second-order valence-electron chi connectivity index (χ2n) is 4.85. The van der Waals surface area contributed by atoms with Gasteiger partial charge in [-0.2, -0.15) is 0 Å². The van der Waals surface area contributed by atoms with Crippen LogP contribution in [0.1, 0.15) is 16.1 Å². The molecule has 0 aliphatic rings. The first-order valence-electron chi connectivity index (χ1n) is 6.48. The van der Waals surface area contributed by atoms with Crippen LogP contribution < -0.4 is 5.32 Å². The van der Waals surface area contributed by atoms with E-state index < -0.39 is 0 Å². The van der Waals surface area contributed by atoms with Gasteiger partial charge in [0, 0.05) is 16.7 Å². The van der Waals surface area contributed by atoms with E-state index in [0.717, 1.165) is 27.2 Å². The molecule has 102 valence electrons. The summed E-state index contributed by atoms with van der Waals surface area (Å²) in [5.41, 5.74) is 4.77. The van der Waals surface area contributed by atoms with Crippen molar-refractivity contribution < 1.29 is 0 Å². The molecule has 1 heterocycles. The molecule has 3 aromatic rings. The Hall–Kier alpha value is -1.39. The predicted molar refractivity (Wildman–Crippen MR) is 90.6 cm³/mol. The number of halogens is 1. The van der Waals surface area contributed by atoms with Gasteiger partial charge in [-0.15, -0.1) is 11.3 Å². The highest BCUT2D eigenvalue weighted by Crippen LogP contribution is 2.25. The van der Waals surface area contributed by atoms with E-state index in [0.29, 0.717) is 0 Å². The topological polar surface area (TPSA) is 24.9 Å². The van der Waals surface area contributed by atoms with Crippen molar-refractivity contribution in [3.8, 4) is 0 Å². The van der Waals surface area contributed by atoms with Crippen molar-refractivity contribution in [3.05, 3.63) is 57.0 Å². The lowest BCUT2D eigenvalue weighted by Gasteiger charge is -2.08. The first-order valence-corrected chi connectivity index (χ1v) is 8.09. The zero-order chi connectivity index (χ0) is 14.1. The molecule has 0 spiro atoms. The first-order chi connectivity index (χ1) is 9.61. The molecule has 3 rings (SSSR count). The van der Waals surface area contributed by atoms with Crippen LogP contribution >= 0.6 is 27.3 Å². The number of fused-ring (bicyclic) bond motifs is 1. The molecule has 1 N–H and O–H groups in total. The normalized spacial score (nSPS) is 10.9. The maximum Gasteiger partial charge on any atom is 0.0907 e. The fraction of sp³-hybridized carbons (Fsp3) is 0.188. The summed E-state index contributed by atoms with van der Waals surface area (Å²) in [4.78, 5) is 4.48. The third-order valence-electron chi connectivity index (χ3n) is 3.21. The van der Waals surface area contributed by atoms with E-state index in [1.54, 1.807) is 11.3 Å². The number of nitrogens with zero attached hydrogens (tertiary/aromatic N) is 1. The quantitative estimate of drug-likeness (QED) is 0.697. The van der Waals surface area contributed by atoms with Crippen LogP contribution in [0.5, 0.6) is 0 Å². The third-order valence-corrected chi connectivity index (χ3v) is 5.04. The van der Waals surface area contributed by atoms with Crippen molar-refractivity contribution in [1.29, 1.82) is 0 Å². The lowest BCUT2D eigenvalue weighted by atomic mass is 10.1. The van der Waals surface area contributed by atoms with E-state index >= 15 is 0 Å². The number of thiazole rings is 1. The first kappa shape index (κ1) is 13.6. The number of aryl methyl sites for hydroxylation is 2. The number of rotatable bonds is 3. The molecule has 0 saturated heterocycles. The standard InChI is InChI=1S/C16H15BrN2S/c1-10-7-12(3-5-14(10)17)9-18-13-4-6-15-16(8-13)20-11(2)19-15/h3-8,18H,9H2,1-2H3. The summed E-state index contributed by atoms with van der Waals surface area (Å²) in [6.07, 6.45) is 0. The minimum atomic E-state index is 0.831. The summed E-state index contributed by atoms with van der Waals surface area (Å²) in [5.74, 6) is 0. The summed E-state index contributed by atoms with van der Waals surface area (Å²) >= 11 is 5.26. The van der Waals surface area contributed by atoms with Gasteiger partial charge in [-0.25, -0.2) is 4.98 Å². The van der Waals surface area contributed by atoms with Crippen LogP contribution in [0.25, 0.3) is 10.2 Å². The largest absolute Gasteiger partial charge is 0.381 e. The molecule has 0 fully saturated rings. The fourth-order valence-electron chi connectivity index (χ4n) is 2.17. The molecule has 0 amide bonds. The number of nitrogens with one attached hydrogen (secondary N) is 1. The highest BCUT2D eigenvalue weighted by molar-refractivity contribution is 9.10. The van der Waals surface area contributed by atoms with Crippen LogP contribution in [-0.4, -0.2) is 4.98 Å². The molecule has 0 radical (unpaired) electrons. The maximum atomic E-state index is 4.48. The summed E-state index contributed by atoms with van der Waals surface area (Å²) < 4.78 is 2.39. The van der Waals surface area contributed by atoms with Crippen LogP contribution in [0, 0.1) is 13.8 Å². The van der Waals surface area contributed by atoms with Gasteiger partial charge in [0.2, 0.25) is 0 Å². The molecular weight excluding hydrogens is 332 g/mol. The summed E-state index contributed by atoms with van der Waals surface area (Å²) in [6, 6.07) is 12.8. The predicted octanol–water partition coefficient (Wildman–Crippen LogP) is 5.29. The van der Waals surface area contributed by atoms with Gasteiger partial charge in [0.1, 0.15) is 0 Å². The molecule has 2 aromatic carbocycles. The number of aromatic nitrogens is 1. The van der Waals surface area contributed by atoms with Crippen molar-refractivity contribution in [2.75, 3.05) is 5.32 Å². The molecule has 0 atom stereocenters. The van der Waals surface area contributed by atoms with Crippen molar-refractivity contribution in [2.24, 2.45) is 0 Å². The van der Waals surface area contributed by atoms with Gasteiger partial charge < -0.3 is 5.32 Å². The monoisotopic (exact) mass is 346 g/mol. The minimum absolute atomic E-state index is 0.831. The second-order valence-corrected chi connectivity index (χ2v) is 6.94. The van der Waals surface area contributed by atoms with Crippen LogP contribution in [0.15, 0.2) is 40.9 Å². The number of hydrogen-bond acceptors (Lipinski definition) is 3. The summed E-state index contributed by atoms with van der Waals surface area (Å²) in [6.45, 7) is 4.99. The van der Waals surface area contributed by atoms with Crippen molar-refractivity contribution >= 4 is 43.2 Å². The molecule has 0 unspecified atom stereocenters. The Balaban J connectivity index is 1.77. The lowest BCUT2D eigenvalue weighted by molar-refractivity contribution is 1.14. The Bertz CT molecular complexity index is 764.